The largest absolute Gasteiger partial charge is 0.330 e. The van der Waals surface area contributed by atoms with E-state index in [1.54, 1.807) is 0 Å². The van der Waals surface area contributed by atoms with Crippen LogP contribution in [-0.4, -0.2) is 59.2 Å². The second-order valence-electron chi connectivity index (χ2n) is 6.37. The molecule has 1 aromatic rings. The van der Waals surface area contributed by atoms with Gasteiger partial charge in [-0.25, -0.2) is 21.1 Å². The van der Waals surface area contributed by atoms with E-state index in [4.69, 9.17) is 5.73 Å². The molecular weight excluding hydrogens is 374 g/mol. The molecule has 1 atom stereocenters. The molecule has 1 fully saturated rings. The maximum atomic E-state index is 12.8. The number of sulfonamides is 2. The van der Waals surface area contributed by atoms with Crippen LogP contribution in [0.3, 0.4) is 0 Å². The molecule has 1 unspecified atom stereocenters. The molecule has 10 heteroatoms. The van der Waals surface area contributed by atoms with Gasteiger partial charge in [0.1, 0.15) is 0 Å². The number of benzene rings is 1. The van der Waals surface area contributed by atoms with Gasteiger partial charge in [-0.05, 0) is 36.6 Å². The summed E-state index contributed by atoms with van der Waals surface area (Å²) in [5.41, 5.74) is 5.48. The standard InChI is InChI=1S/C14H23N3O4S2.ClH/c1-14(10-15)7-8-17(11-14)23(20,21)13-6-4-5-12(9-13)22(18,19)16(2)3;/h4-6,9H,7-8,10-11,15H2,1-3H3;1H. The Labute approximate surface area is 150 Å². The van der Waals surface area contributed by atoms with Crippen molar-refractivity contribution in [1.29, 1.82) is 0 Å². The first-order valence-electron chi connectivity index (χ1n) is 7.26. The minimum absolute atomic E-state index is 0. The van der Waals surface area contributed by atoms with Gasteiger partial charge in [-0.3, -0.25) is 0 Å². The van der Waals surface area contributed by atoms with E-state index in [0.717, 1.165) is 4.31 Å². The van der Waals surface area contributed by atoms with Crippen molar-refractivity contribution in [1.82, 2.24) is 8.61 Å². The Bertz CT molecular complexity index is 796. The average molecular weight is 398 g/mol. The lowest BCUT2D eigenvalue weighted by Crippen LogP contribution is -2.34. The van der Waals surface area contributed by atoms with E-state index >= 15 is 0 Å². The zero-order valence-electron chi connectivity index (χ0n) is 14.0. The van der Waals surface area contributed by atoms with Crippen LogP contribution >= 0.6 is 12.4 Å². The molecule has 1 heterocycles. The molecule has 24 heavy (non-hydrogen) atoms. The molecule has 1 aromatic carbocycles. The normalized spacial score (nSPS) is 22.5. The Morgan fingerprint density at radius 2 is 1.79 bits per heavy atom. The van der Waals surface area contributed by atoms with Gasteiger partial charge in [0.05, 0.1) is 9.79 Å². The van der Waals surface area contributed by atoms with Gasteiger partial charge < -0.3 is 5.73 Å². The van der Waals surface area contributed by atoms with Gasteiger partial charge in [-0.2, -0.15) is 4.31 Å². The molecule has 0 amide bonds. The van der Waals surface area contributed by atoms with Crippen molar-refractivity contribution in [3.8, 4) is 0 Å². The van der Waals surface area contributed by atoms with E-state index in [2.05, 4.69) is 0 Å². The minimum Gasteiger partial charge on any atom is -0.330 e. The summed E-state index contributed by atoms with van der Waals surface area (Å²) in [6.07, 6.45) is 0.693. The van der Waals surface area contributed by atoms with Crippen LogP contribution in [0.25, 0.3) is 0 Å². The topological polar surface area (TPSA) is 101 Å². The van der Waals surface area contributed by atoms with Crippen LogP contribution in [0.4, 0.5) is 0 Å². The lowest BCUT2D eigenvalue weighted by Gasteiger charge is -2.22. The number of rotatable bonds is 5. The Hall–Kier alpha value is -0.710. The van der Waals surface area contributed by atoms with Gasteiger partial charge in [0.2, 0.25) is 20.0 Å². The molecule has 138 valence electrons. The number of nitrogens with two attached hydrogens (primary N) is 1. The molecule has 2 N–H and O–H groups in total. The maximum absolute atomic E-state index is 12.8. The number of hydrogen-bond donors (Lipinski definition) is 1. The zero-order chi connectivity index (χ0) is 17.5. The van der Waals surface area contributed by atoms with Gasteiger partial charge in [0.15, 0.2) is 0 Å². The lowest BCUT2D eigenvalue weighted by atomic mass is 9.90. The summed E-state index contributed by atoms with van der Waals surface area (Å²) in [5.74, 6) is 0. The summed E-state index contributed by atoms with van der Waals surface area (Å²) in [7, 11) is -4.60. The average Bonchev–Trinajstić information content (AvgIpc) is 2.91. The van der Waals surface area contributed by atoms with Crippen molar-refractivity contribution in [2.45, 2.75) is 23.1 Å². The monoisotopic (exact) mass is 397 g/mol. The van der Waals surface area contributed by atoms with Crippen molar-refractivity contribution in [2.24, 2.45) is 11.1 Å². The third-order valence-electron chi connectivity index (χ3n) is 4.24. The van der Waals surface area contributed by atoms with E-state index in [0.29, 0.717) is 26.1 Å². The van der Waals surface area contributed by atoms with Crippen molar-refractivity contribution >= 4 is 32.5 Å². The molecule has 1 saturated heterocycles. The molecule has 2 rings (SSSR count). The fourth-order valence-corrected chi connectivity index (χ4v) is 5.17. The summed E-state index contributed by atoms with van der Waals surface area (Å²) in [6.45, 7) is 3.10. The second-order valence-corrected chi connectivity index (χ2v) is 10.5. The fraction of sp³-hybridized carbons (Fsp3) is 0.571. The molecule has 7 nitrogen and oxygen atoms in total. The molecule has 0 aromatic heterocycles. The highest BCUT2D eigenvalue weighted by Gasteiger charge is 2.39. The van der Waals surface area contributed by atoms with E-state index in [-0.39, 0.29) is 27.6 Å². The fourth-order valence-electron chi connectivity index (χ4n) is 2.51. The highest BCUT2D eigenvalue weighted by molar-refractivity contribution is 7.90. The van der Waals surface area contributed by atoms with Gasteiger partial charge in [-0.1, -0.05) is 13.0 Å². The summed E-state index contributed by atoms with van der Waals surface area (Å²) in [6, 6.07) is 5.47. The molecule has 0 radical (unpaired) electrons. The van der Waals surface area contributed by atoms with Gasteiger partial charge in [0, 0.05) is 27.2 Å². The van der Waals surface area contributed by atoms with Gasteiger partial charge >= 0.3 is 0 Å². The Kier molecular flexibility index (Phi) is 6.46. The summed E-state index contributed by atoms with van der Waals surface area (Å²) in [4.78, 5) is -0.0499. The van der Waals surface area contributed by atoms with Crippen LogP contribution < -0.4 is 5.73 Å². The van der Waals surface area contributed by atoms with Gasteiger partial charge in [-0.15, -0.1) is 12.4 Å². The third-order valence-corrected chi connectivity index (χ3v) is 7.89. The predicted molar refractivity (Wildman–Crippen MR) is 95.1 cm³/mol. The number of halogens is 1. The van der Waals surface area contributed by atoms with Crippen molar-refractivity contribution in [3.05, 3.63) is 24.3 Å². The first-order valence-corrected chi connectivity index (χ1v) is 10.1. The van der Waals surface area contributed by atoms with E-state index in [1.807, 2.05) is 6.92 Å². The molecular formula is C14H24ClN3O4S2. The van der Waals surface area contributed by atoms with Crippen LogP contribution in [0.1, 0.15) is 13.3 Å². The van der Waals surface area contributed by atoms with Crippen molar-refractivity contribution < 1.29 is 16.8 Å². The van der Waals surface area contributed by atoms with Crippen LogP contribution in [0.5, 0.6) is 0 Å². The molecule has 0 spiro atoms. The molecule has 0 bridgehead atoms. The first kappa shape index (κ1) is 21.3. The smallest absolute Gasteiger partial charge is 0.243 e. The van der Waals surface area contributed by atoms with Crippen molar-refractivity contribution in [2.75, 3.05) is 33.7 Å². The van der Waals surface area contributed by atoms with E-state index in [9.17, 15) is 16.8 Å². The van der Waals surface area contributed by atoms with Crippen LogP contribution in [0, 0.1) is 5.41 Å². The molecule has 1 aliphatic rings. The summed E-state index contributed by atoms with van der Waals surface area (Å²) >= 11 is 0. The quantitative estimate of drug-likeness (QED) is 0.788. The summed E-state index contributed by atoms with van der Waals surface area (Å²) in [5, 5.41) is 0. The first-order chi connectivity index (χ1) is 10.5. The highest BCUT2D eigenvalue weighted by Crippen LogP contribution is 2.33. The van der Waals surface area contributed by atoms with Gasteiger partial charge in [0.25, 0.3) is 0 Å². The van der Waals surface area contributed by atoms with Crippen molar-refractivity contribution in [3.63, 3.8) is 0 Å². The van der Waals surface area contributed by atoms with E-state index in [1.165, 1.54) is 42.7 Å². The number of nitrogens with zero attached hydrogens (tertiary/aromatic N) is 2. The Balaban J connectivity index is 0.00000288. The third kappa shape index (κ3) is 3.92. The predicted octanol–water partition coefficient (Wildman–Crippen LogP) is 0.718. The Morgan fingerprint density at radius 1 is 1.21 bits per heavy atom. The SMILES string of the molecule is CN(C)S(=O)(=O)c1cccc(S(=O)(=O)N2CCC(C)(CN)C2)c1.Cl. The second kappa shape index (κ2) is 7.27. The molecule has 0 aliphatic carbocycles. The van der Waals surface area contributed by atoms with Crippen LogP contribution in [0.2, 0.25) is 0 Å². The number of hydrogen-bond acceptors (Lipinski definition) is 5. The Morgan fingerprint density at radius 3 is 2.29 bits per heavy atom. The summed E-state index contributed by atoms with van der Waals surface area (Å²) < 4.78 is 52.3. The minimum atomic E-state index is -3.73. The lowest BCUT2D eigenvalue weighted by molar-refractivity contribution is 0.349. The zero-order valence-corrected chi connectivity index (χ0v) is 16.4. The van der Waals surface area contributed by atoms with Crippen LogP contribution in [0.15, 0.2) is 34.1 Å². The maximum Gasteiger partial charge on any atom is 0.243 e. The molecule has 1 aliphatic heterocycles. The van der Waals surface area contributed by atoms with Crippen LogP contribution in [-0.2, 0) is 20.0 Å². The highest BCUT2D eigenvalue weighted by atomic mass is 35.5. The molecule has 0 saturated carbocycles. The van der Waals surface area contributed by atoms with E-state index < -0.39 is 20.0 Å².